The molecule has 0 spiro atoms. The normalized spacial score (nSPS) is 10.5. The number of benzene rings is 2. The van der Waals surface area contributed by atoms with Crippen LogP contribution in [-0.4, -0.2) is 4.92 Å². The molecule has 98 valence electrons. The SMILES string of the molecule is O=[N+]([O-])c1cc(Cl)cc(-c2ccc(Cl)c(Cl)c2Cl)c1. The highest BCUT2D eigenvalue weighted by molar-refractivity contribution is 6.49. The molecule has 0 aliphatic carbocycles. The van der Waals surface area contributed by atoms with Gasteiger partial charge in [-0.2, -0.15) is 0 Å². The molecule has 0 unspecified atom stereocenters. The van der Waals surface area contributed by atoms with Gasteiger partial charge in [0.2, 0.25) is 0 Å². The van der Waals surface area contributed by atoms with Crippen molar-refractivity contribution in [1.82, 2.24) is 0 Å². The Morgan fingerprint density at radius 3 is 2.26 bits per heavy atom. The van der Waals surface area contributed by atoms with E-state index in [9.17, 15) is 10.1 Å². The molecule has 0 N–H and O–H groups in total. The Morgan fingerprint density at radius 1 is 0.947 bits per heavy atom. The third kappa shape index (κ3) is 2.95. The minimum Gasteiger partial charge on any atom is -0.258 e. The third-order valence-electron chi connectivity index (χ3n) is 2.44. The number of nitrogens with zero attached hydrogens (tertiary/aromatic N) is 1. The number of non-ortho nitro benzene ring substituents is 1. The molecule has 2 rings (SSSR count). The highest BCUT2D eigenvalue weighted by Gasteiger charge is 2.15. The number of nitro benzene ring substituents is 1. The Labute approximate surface area is 128 Å². The van der Waals surface area contributed by atoms with Crippen LogP contribution in [0.15, 0.2) is 30.3 Å². The lowest BCUT2D eigenvalue weighted by Gasteiger charge is -2.08. The summed E-state index contributed by atoms with van der Waals surface area (Å²) < 4.78 is 0. The smallest absolute Gasteiger partial charge is 0.258 e. The fourth-order valence-electron chi connectivity index (χ4n) is 1.58. The van der Waals surface area contributed by atoms with Gasteiger partial charge >= 0.3 is 0 Å². The molecule has 0 atom stereocenters. The van der Waals surface area contributed by atoms with Crippen LogP contribution in [0.1, 0.15) is 0 Å². The van der Waals surface area contributed by atoms with Gasteiger partial charge in [-0.05, 0) is 17.7 Å². The van der Waals surface area contributed by atoms with E-state index in [1.807, 2.05) is 0 Å². The predicted molar refractivity (Wildman–Crippen MR) is 78.6 cm³/mol. The quantitative estimate of drug-likeness (QED) is 0.390. The Balaban J connectivity index is 2.65. The summed E-state index contributed by atoms with van der Waals surface area (Å²) in [5.74, 6) is 0. The van der Waals surface area contributed by atoms with Crippen LogP contribution in [0.5, 0.6) is 0 Å². The van der Waals surface area contributed by atoms with Crippen LogP contribution in [0.25, 0.3) is 11.1 Å². The lowest BCUT2D eigenvalue weighted by Crippen LogP contribution is -1.89. The largest absolute Gasteiger partial charge is 0.271 e. The van der Waals surface area contributed by atoms with E-state index < -0.39 is 4.92 Å². The first-order chi connectivity index (χ1) is 8.90. The molecule has 7 heteroatoms. The summed E-state index contributed by atoms with van der Waals surface area (Å²) in [6.45, 7) is 0. The molecule has 0 saturated heterocycles. The van der Waals surface area contributed by atoms with E-state index in [1.54, 1.807) is 18.2 Å². The molecule has 2 aromatic carbocycles. The van der Waals surface area contributed by atoms with Crippen LogP contribution in [0, 0.1) is 10.1 Å². The monoisotopic (exact) mass is 335 g/mol. The summed E-state index contributed by atoms with van der Waals surface area (Å²) in [6, 6.07) is 7.40. The van der Waals surface area contributed by atoms with Gasteiger partial charge in [0.25, 0.3) is 5.69 Å². The first-order valence-electron chi connectivity index (χ1n) is 4.99. The molecule has 0 aliphatic rings. The number of halogens is 4. The second-order valence-electron chi connectivity index (χ2n) is 3.68. The molecular formula is C12H5Cl4NO2. The van der Waals surface area contributed by atoms with Gasteiger partial charge in [-0.3, -0.25) is 10.1 Å². The second kappa shape index (κ2) is 5.55. The van der Waals surface area contributed by atoms with Crippen LogP contribution >= 0.6 is 46.4 Å². The third-order valence-corrected chi connectivity index (χ3v) is 3.95. The molecule has 0 aliphatic heterocycles. The Bertz CT molecular complexity index is 673. The maximum Gasteiger partial charge on any atom is 0.271 e. The van der Waals surface area contributed by atoms with Crippen molar-refractivity contribution in [3.63, 3.8) is 0 Å². The van der Waals surface area contributed by atoms with Gasteiger partial charge in [0.1, 0.15) is 0 Å². The topological polar surface area (TPSA) is 43.1 Å². The van der Waals surface area contributed by atoms with Crippen molar-refractivity contribution in [2.45, 2.75) is 0 Å². The van der Waals surface area contributed by atoms with E-state index >= 15 is 0 Å². The minimum absolute atomic E-state index is 0.121. The maximum absolute atomic E-state index is 10.8. The predicted octanol–water partition coefficient (Wildman–Crippen LogP) is 5.88. The van der Waals surface area contributed by atoms with Gasteiger partial charge < -0.3 is 0 Å². The van der Waals surface area contributed by atoms with Crippen molar-refractivity contribution in [3.05, 3.63) is 60.5 Å². The first kappa shape index (κ1) is 14.4. The summed E-state index contributed by atoms with van der Waals surface area (Å²) in [5, 5.41) is 11.8. The summed E-state index contributed by atoms with van der Waals surface area (Å²) >= 11 is 23.7. The minimum atomic E-state index is -0.527. The molecule has 0 saturated carbocycles. The van der Waals surface area contributed by atoms with Gasteiger partial charge in [0.15, 0.2) is 0 Å². The highest BCUT2D eigenvalue weighted by atomic mass is 35.5. The molecule has 0 heterocycles. The first-order valence-corrected chi connectivity index (χ1v) is 6.50. The van der Waals surface area contributed by atoms with Gasteiger partial charge in [0.05, 0.1) is 20.0 Å². The van der Waals surface area contributed by atoms with Crippen molar-refractivity contribution in [2.75, 3.05) is 0 Å². The van der Waals surface area contributed by atoms with Crippen LogP contribution in [0.4, 0.5) is 5.69 Å². The Hall–Kier alpha value is -1.000. The van der Waals surface area contributed by atoms with Crippen molar-refractivity contribution in [2.24, 2.45) is 0 Å². The second-order valence-corrected chi connectivity index (χ2v) is 5.28. The molecule has 3 nitrogen and oxygen atoms in total. The average Bonchev–Trinajstić information content (AvgIpc) is 2.35. The summed E-state index contributed by atoms with van der Waals surface area (Å²) in [6.07, 6.45) is 0. The van der Waals surface area contributed by atoms with Crippen molar-refractivity contribution < 1.29 is 4.92 Å². The van der Waals surface area contributed by atoms with Gasteiger partial charge in [-0.1, -0.05) is 52.5 Å². The van der Waals surface area contributed by atoms with E-state index in [2.05, 4.69) is 0 Å². The number of nitro groups is 1. The van der Waals surface area contributed by atoms with Crippen LogP contribution in [0.3, 0.4) is 0 Å². The fourth-order valence-corrected chi connectivity index (χ4v) is 2.46. The molecular weight excluding hydrogens is 332 g/mol. The number of hydrogen-bond donors (Lipinski definition) is 0. The van der Waals surface area contributed by atoms with E-state index in [-0.39, 0.29) is 20.8 Å². The van der Waals surface area contributed by atoms with Crippen LogP contribution in [-0.2, 0) is 0 Å². The fraction of sp³-hybridized carbons (Fsp3) is 0. The lowest BCUT2D eigenvalue weighted by atomic mass is 10.1. The summed E-state index contributed by atoms with van der Waals surface area (Å²) in [7, 11) is 0. The van der Waals surface area contributed by atoms with Gasteiger partial charge in [-0.15, -0.1) is 0 Å². The highest BCUT2D eigenvalue weighted by Crippen LogP contribution is 2.39. The summed E-state index contributed by atoms with van der Waals surface area (Å²) in [5.41, 5.74) is 0.911. The summed E-state index contributed by atoms with van der Waals surface area (Å²) in [4.78, 5) is 10.3. The lowest BCUT2D eigenvalue weighted by molar-refractivity contribution is -0.384. The zero-order valence-electron chi connectivity index (χ0n) is 9.16. The van der Waals surface area contributed by atoms with E-state index in [0.29, 0.717) is 16.1 Å². The van der Waals surface area contributed by atoms with Crippen molar-refractivity contribution >= 4 is 52.1 Å². The molecule has 2 aromatic rings. The maximum atomic E-state index is 10.8. The molecule has 0 aromatic heterocycles. The van der Waals surface area contributed by atoms with Gasteiger partial charge in [-0.25, -0.2) is 0 Å². The van der Waals surface area contributed by atoms with E-state index in [1.165, 1.54) is 12.1 Å². The number of rotatable bonds is 2. The standard InChI is InChI=1S/C12H5Cl4NO2/c13-7-3-6(4-8(5-7)17(18)19)9-1-2-10(14)12(16)11(9)15/h1-5H. The van der Waals surface area contributed by atoms with E-state index in [4.69, 9.17) is 46.4 Å². The van der Waals surface area contributed by atoms with Gasteiger partial charge in [0, 0.05) is 22.7 Å². The van der Waals surface area contributed by atoms with Crippen molar-refractivity contribution in [3.8, 4) is 11.1 Å². The molecule has 19 heavy (non-hydrogen) atoms. The van der Waals surface area contributed by atoms with Crippen molar-refractivity contribution in [1.29, 1.82) is 0 Å². The molecule has 0 amide bonds. The van der Waals surface area contributed by atoms with Crippen LogP contribution < -0.4 is 0 Å². The van der Waals surface area contributed by atoms with Crippen LogP contribution in [0.2, 0.25) is 20.1 Å². The zero-order chi connectivity index (χ0) is 14.2. The molecule has 0 radical (unpaired) electrons. The zero-order valence-corrected chi connectivity index (χ0v) is 12.2. The van der Waals surface area contributed by atoms with E-state index in [0.717, 1.165) is 0 Å². The Kier molecular flexibility index (Phi) is 4.21. The molecule has 0 fully saturated rings. The molecule has 0 bridgehead atoms. The Morgan fingerprint density at radius 2 is 1.63 bits per heavy atom. The average molecular weight is 337 g/mol. The number of hydrogen-bond acceptors (Lipinski definition) is 2.